The molecule has 1 amide bonds. The summed E-state index contributed by atoms with van der Waals surface area (Å²) in [6.45, 7) is 0. The highest BCUT2D eigenvalue weighted by Gasteiger charge is 1.99. The maximum atomic E-state index is 10.4. The smallest absolute Gasteiger partial charge is 0.241 e. The molecule has 4 N–H and O–H groups in total. The lowest BCUT2D eigenvalue weighted by atomic mass is 10.3. The van der Waals surface area contributed by atoms with E-state index in [1.165, 1.54) is 12.3 Å². The van der Waals surface area contributed by atoms with E-state index in [-0.39, 0.29) is 11.0 Å². The molecule has 0 aliphatic heterocycles. The van der Waals surface area contributed by atoms with Crippen LogP contribution in [0.2, 0.25) is 5.15 Å². The summed E-state index contributed by atoms with van der Waals surface area (Å²) in [6.07, 6.45) is 3.86. The number of carbonyl (C=O) groups is 1. The van der Waals surface area contributed by atoms with Crippen molar-refractivity contribution in [1.29, 1.82) is 0 Å². The molecule has 0 fully saturated rings. The molecule has 0 aromatic carbocycles. The Morgan fingerprint density at radius 1 is 1.62 bits per heavy atom. The van der Waals surface area contributed by atoms with E-state index in [9.17, 15) is 4.79 Å². The summed E-state index contributed by atoms with van der Waals surface area (Å²) >= 11 is 5.51. The van der Waals surface area contributed by atoms with Gasteiger partial charge in [-0.3, -0.25) is 4.79 Å². The highest BCUT2D eigenvalue weighted by molar-refractivity contribution is 6.29. The van der Waals surface area contributed by atoms with Crippen molar-refractivity contribution in [1.82, 2.24) is 9.97 Å². The Kier molecular flexibility index (Phi) is 2.81. The van der Waals surface area contributed by atoms with Gasteiger partial charge in [-0.05, 0) is 6.08 Å². The first-order valence-corrected chi connectivity index (χ1v) is 3.73. The molecule has 1 aromatic heterocycles. The minimum Gasteiger partial charge on any atom is -0.382 e. The topological polar surface area (TPSA) is 94.9 Å². The van der Waals surface area contributed by atoms with Crippen molar-refractivity contribution >= 4 is 29.4 Å². The summed E-state index contributed by atoms with van der Waals surface area (Å²) in [5, 5.41) is 0.203. The SMILES string of the molecule is NC(=O)C=Cc1ncc(Cl)nc1N. The number of primary amides is 1. The Morgan fingerprint density at radius 2 is 2.31 bits per heavy atom. The molecule has 0 bridgehead atoms. The van der Waals surface area contributed by atoms with E-state index in [0.717, 1.165) is 6.08 Å². The number of nitrogens with two attached hydrogens (primary N) is 2. The van der Waals surface area contributed by atoms with Crippen LogP contribution >= 0.6 is 11.6 Å². The number of amides is 1. The first-order valence-electron chi connectivity index (χ1n) is 3.35. The lowest BCUT2D eigenvalue weighted by Gasteiger charge is -1.97. The number of nitrogen functional groups attached to an aromatic ring is 1. The van der Waals surface area contributed by atoms with Crippen LogP contribution in [0.5, 0.6) is 0 Å². The van der Waals surface area contributed by atoms with Gasteiger partial charge >= 0.3 is 0 Å². The lowest BCUT2D eigenvalue weighted by molar-refractivity contribution is -0.113. The van der Waals surface area contributed by atoms with Crippen LogP contribution in [-0.4, -0.2) is 15.9 Å². The predicted octanol–water partition coefficient (Wildman–Crippen LogP) is 0.211. The molecule has 0 saturated carbocycles. The van der Waals surface area contributed by atoms with Gasteiger partial charge in [0.15, 0.2) is 5.82 Å². The third-order valence-electron chi connectivity index (χ3n) is 1.21. The fourth-order valence-corrected chi connectivity index (χ4v) is 0.819. The molecule has 1 rings (SSSR count). The summed E-state index contributed by atoms with van der Waals surface area (Å²) < 4.78 is 0. The molecule has 1 aromatic rings. The van der Waals surface area contributed by atoms with E-state index < -0.39 is 5.91 Å². The van der Waals surface area contributed by atoms with Crippen molar-refractivity contribution < 1.29 is 4.79 Å². The maximum absolute atomic E-state index is 10.4. The average molecular weight is 199 g/mol. The van der Waals surface area contributed by atoms with Crippen LogP contribution < -0.4 is 11.5 Å². The minimum atomic E-state index is -0.573. The van der Waals surface area contributed by atoms with E-state index in [1.54, 1.807) is 0 Å². The molecule has 0 spiro atoms. The second kappa shape index (κ2) is 3.86. The zero-order valence-corrected chi connectivity index (χ0v) is 7.32. The molecule has 5 nitrogen and oxygen atoms in total. The zero-order valence-electron chi connectivity index (χ0n) is 6.57. The average Bonchev–Trinajstić information content (AvgIpc) is 2.02. The number of carbonyl (C=O) groups excluding carboxylic acids is 1. The summed E-state index contributed by atoms with van der Waals surface area (Å²) in [6, 6.07) is 0. The fourth-order valence-electron chi connectivity index (χ4n) is 0.680. The third-order valence-corrected chi connectivity index (χ3v) is 1.39. The van der Waals surface area contributed by atoms with Gasteiger partial charge in [0.2, 0.25) is 5.91 Å². The van der Waals surface area contributed by atoms with Gasteiger partial charge in [0.05, 0.1) is 6.20 Å². The first kappa shape index (κ1) is 9.47. The number of halogens is 1. The molecular weight excluding hydrogens is 192 g/mol. The molecule has 1 heterocycles. The molecular formula is C7H7ClN4O. The van der Waals surface area contributed by atoms with Crippen LogP contribution in [0.25, 0.3) is 6.08 Å². The highest BCUT2D eigenvalue weighted by Crippen LogP contribution is 2.10. The van der Waals surface area contributed by atoms with Gasteiger partial charge in [0.1, 0.15) is 10.8 Å². The van der Waals surface area contributed by atoms with Gasteiger partial charge < -0.3 is 11.5 Å². The molecule has 0 aliphatic carbocycles. The van der Waals surface area contributed by atoms with E-state index in [0.29, 0.717) is 5.69 Å². The van der Waals surface area contributed by atoms with Crippen molar-refractivity contribution in [2.24, 2.45) is 5.73 Å². The van der Waals surface area contributed by atoms with Crippen LogP contribution in [-0.2, 0) is 4.79 Å². The fraction of sp³-hybridized carbons (Fsp3) is 0. The van der Waals surface area contributed by atoms with Gasteiger partial charge in [0, 0.05) is 6.08 Å². The van der Waals surface area contributed by atoms with Crippen molar-refractivity contribution in [3.63, 3.8) is 0 Å². The largest absolute Gasteiger partial charge is 0.382 e. The second-order valence-electron chi connectivity index (χ2n) is 2.20. The molecule has 6 heteroatoms. The lowest BCUT2D eigenvalue weighted by Crippen LogP contribution is -2.05. The van der Waals surface area contributed by atoms with Crippen LogP contribution in [0.1, 0.15) is 5.69 Å². The van der Waals surface area contributed by atoms with Crippen molar-refractivity contribution in [3.05, 3.63) is 23.1 Å². The summed E-state index contributed by atoms with van der Waals surface area (Å²) in [5.41, 5.74) is 10.7. The Morgan fingerprint density at radius 3 is 2.85 bits per heavy atom. The van der Waals surface area contributed by atoms with Crippen molar-refractivity contribution in [2.75, 3.05) is 5.73 Å². The molecule has 0 unspecified atom stereocenters. The standard InChI is InChI=1S/C7H7ClN4O/c8-5-3-11-4(7(10)12-5)1-2-6(9)13/h1-3H,(H2,9,13)(H2,10,12). The third kappa shape index (κ3) is 2.72. The Bertz CT molecular complexity index is 364. The quantitative estimate of drug-likeness (QED) is 0.664. The van der Waals surface area contributed by atoms with E-state index in [1.807, 2.05) is 0 Å². The molecule has 0 atom stereocenters. The van der Waals surface area contributed by atoms with Crippen LogP contribution in [0.15, 0.2) is 12.3 Å². The number of aromatic nitrogens is 2. The monoisotopic (exact) mass is 198 g/mol. The summed E-state index contributed by atoms with van der Waals surface area (Å²) in [4.78, 5) is 17.9. The highest BCUT2D eigenvalue weighted by atomic mass is 35.5. The van der Waals surface area contributed by atoms with Crippen LogP contribution in [0.3, 0.4) is 0 Å². The van der Waals surface area contributed by atoms with E-state index in [2.05, 4.69) is 9.97 Å². The normalized spacial score (nSPS) is 10.5. The van der Waals surface area contributed by atoms with Crippen molar-refractivity contribution in [3.8, 4) is 0 Å². The van der Waals surface area contributed by atoms with Crippen molar-refractivity contribution in [2.45, 2.75) is 0 Å². The molecule has 68 valence electrons. The Hall–Kier alpha value is -1.62. The van der Waals surface area contributed by atoms with Crippen LogP contribution in [0, 0.1) is 0 Å². The number of rotatable bonds is 2. The van der Waals surface area contributed by atoms with Gasteiger partial charge in [0.25, 0.3) is 0 Å². The number of anilines is 1. The van der Waals surface area contributed by atoms with Gasteiger partial charge in [-0.15, -0.1) is 0 Å². The number of hydrogen-bond acceptors (Lipinski definition) is 4. The minimum absolute atomic E-state index is 0.157. The number of hydrogen-bond donors (Lipinski definition) is 2. The summed E-state index contributed by atoms with van der Waals surface area (Å²) in [5.74, 6) is -0.416. The van der Waals surface area contributed by atoms with Gasteiger partial charge in [-0.25, -0.2) is 9.97 Å². The Labute approximate surface area is 79.4 Å². The van der Waals surface area contributed by atoms with Gasteiger partial charge in [-0.1, -0.05) is 11.6 Å². The maximum Gasteiger partial charge on any atom is 0.241 e. The first-order chi connectivity index (χ1) is 6.09. The Balaban J connectivity index is 2.96. The molecule has 0 saturated heterocycles. The molecule has 0 radical (unpaired) electrons. The predicted molar refractivity (Wildman–Crippen MR) is 49.7 cm³/mol. The van der Waals surface area contributed by atoms with E-state index in [4.69, 9.17) is 23.1 Å². The second-order valence-corrected chi connectivity index (χ2v) is 2.59. The van der Waals surface area contributed by atoms with Crippen LogP contribution in [0.4, 0.5) is 5.82 Å². The van der Waals surface area contributed by atoms with E-state index >= 15 is 0 Å². The summed E-state index contributed by atoms with van der Waals surface area (Å²) in [7, 11) is 0. The molecule has 13 heavy (non-hydrogen) atoms. The van der Waals surface area contributed by atoms with Gasteiger partial charge in [-0.2, -0.15) is 0 Å². The molecule has 0 aliphatic rings. The zero-order chi connectivity index (χ0) is 9.84. The number of nitrogens with zero attached hydrogens (tertiary/aromatic N) is 2.